The number of rotatable bonds is 1. The highest BCUT2D eigenvalue weighted by Gasteiger charge is 2.25. The van der Waals surface area contributed by atoms with Crippen LogP contribution in [0.3, 0.4) is 0 Å². The number of nitrogens with zero attached hydrogens (tertiary/aromatic N) is 1. The van der Waals surface area contributed by atoms with Crippen LogP contribution < -0.4 is 5.32 Å². The van der Waals surface area contributed by atoms with Gasteiger partial charge in [0.2, 0.25) is 0 Å². The number of ether oxygens (including phenoxy) is 1. The molecule has 1 heterocycles. The molecule has 1 aliphatic carbocycles. The molecule has 0 saturated heterocycles. The van der Waals surface area contributed by atoms with Crippen LogP contribution in [0.15, 0.2) is 4.99 Å². The van der Waals surface area contributed by atoms with Crippen LogP contribution >= 0.6 is 0 Å². The minimum Gasteiger partial charge on any atom is -0.463 e. The van der Waals surface area contributed by atoms with Gasteiger partial charge in [0.1, 0.15) is 6.61 Å². The van der Waals surface area contributed by atoms with E-state index >= 15 is 0 Å². The van der Waals surface area contributed by atoms with Crippen molar-refractivity contribution in [1.29, 1.82) is 0 Å². The lowest BCUT2D eigenvalue weighted by Crippen LogP contribution is -2.40. The van der Waals surface area contributed by atoms with Crippen molar-refractivity contribution in [3.8, 4) is 0 Å². The van der Waals surface area contributed by atoms with Crippen LogP contribution in [0.4, 0.5) is 0 Å². The van der Waals surface area contributed by atoms with E-state index in [9.17, 15) is 0 Å². The normalized spacial score (nSPS) is 37.6. The monoisotopic (exact) mass is 196 g/mol. The van der Waals surface area contributed by atoms with Gasteiger partial charge in [-0.2, -0.15) is 0 Å². The summed E-state index contributed by atoms with van der Waals surface area (Å²) in [7, 11) is 0. The van der Waals surface area contributed by atoms with Crippen molar-refractivity contribution in [2.24, 2.45) is 16.8 Å². The van der Waals surface area contributed by atoms with Gasteiger partial charge < -0.3 is 10.1 Å². The molecule has 1 aliphatic heterocycles. The molecule has 3 heteroatoms. The van der Waals surface area contributed by atoms with E-state index in [0.29, 0.717) is 6.04 Å². The summed E-state index contributed by atoms with van der Waals surface area (Å²) >= 11 is 0. The van der Waals surface area contributed by atoms with Crippen LogP contribution in [-0.2, 0) is 4.74 Å². The Bertz CT molecular complexity index is 217. The molecule has 0 spiro atoms. The van der Waals surface area contributed by atoms with Gasteiger partial charge in [0.25, 0.3) is 6.02 Å². The zero-order valence-electron chi connectivity index (χ0n) is 9.12. The predicted molar refractivity (Wildman–Crippen MR) is 57.4 cm³/mol. The molecule has 0 aromatic carbocycles. The Kier molecular flexibility index (Phi) is 2.94. The van der Waals surface area contributed by atoms with E-state index in [0.717, 1.165) is 31.0 Å². The van der Waals surface area contributed by atoms with Crippen LogP contribution in [0, 0.1) is 11.8 Å². The van der Waals surface area contributed by atoms with Crippen molar-refractivity contribution < 1.29 is 4.74 Å². The molecule has 0 aromatic rings. The lowest BCUT2D eigenvalue weighted by atomic mass is 9.80. The summed E-state index contributed by atoms with van der Waals surface area (Å²) in [6.45, 7) is 6.24. The molecule has 1 saturated carbocycles. The van der Waals surface area contributed by atoms with E-state index < -0.39 is 0 Å². The number of nitrogens with one attached hydrogen (secondary N) is 1. The smallest absolute Gasteiger partial charge is 0.285 e. The number of aliphatic imine (C=N–C) groups is 1. The second kappa shape index (κ2) is 4.20. The largest absolute Gasteiger partial charge is 0.463 e. The molecule has 2 rings (SSSR count). The van der Waals surface area contributed by atoms with Gasteiger partial charge in [0.05, 0.1) is 6.54 Å². The first-order valence-corrected chi connectivity index (χ1v) is 5.68. The molecular formula is C11H20N2O. The molecule has 1 fully saturated rings. The highest BCUT2D eigenvalue weighted by molar-refractivity contribution is 5.75. The van der Waals surface area contributed by atoms with Crippen molar-refractivity contribution in [1.82, 2.24) is 5.32 Å². The van der Waals surface area contributed by atoms with Crippen LogP contribution in [0.2, 0.25) is 0 Å². The molecule has 14 heavy (non-hydrogen) atoms. The van der Waals surface area contributed by atoms with E-state index in [1.807, 2.05) is 0 Å². The standard InChI is InChI=1S/C11H20N2O/c1-8-5-9(2)7-10(6-8)13-11-12-3-4-14-11/h8-10H,3-7H2,1-2H3,(H,12,13)/t8-,9-/m1/s1. The average Bonchev–Trinajstić information content (AvgIpc) is 2.54. The molecule has 2 aliphatic rings. The lowest BCUT2D eigenvalue weighted by molar-refractivity contribution is 0.241. The number of amidine groups is 1. The van der Waals surface area contributed by atoms with Crippen molar-refractivity contribution in [3.63, 3.8) is 0 Å². The van der Waals surface area contributed by atoms with Crippen molar-refractivity contribution in [2.45, 2.75) is 39.2 Å². The summed E-state index contributed by atoms with van der Waals surface area (Å²) in [5, 5.41) is 3.41. The van der Waals surface area contributed by atoms with Gasteiger partial charge in [0.15, 0.2) is 0 Å². The average molecular weight is 196 g/mol. The third-order valence-corrected chi connectivity index (χ3v) is 3.09. The molecule has 3 nitrogen and oxygen atoms in total. The van der Waals surface area contributed by atoms with Crippen LogP contribution in [0.1, 0.15) is 33.1 Å². The third-order valence-electron chi connectivity index (χ3n) is 3.09. The Morgan fingerprint density at radius 3 is 2.50 bits per heavy atom. The Labute approximate surface area is 85.9 Å². The van der Waals surface area contributed by atoms with Gasteiger partial charge in [-0.25, -0.2) is 4.99 Å². The van der Waals surface area contributed by atoms with Crippen LogP contribution in [0.5, 0.6) is 0 Å². The fourth-order valence-electron chi connectivity index (χ4n) is 2.66. The maximum Gasteiger partial charge on any atom is 0.285 e. The molecule has 80 valence electrons. The van der Waals surface area contributed by atoms with E-state index in [1.165, 1.54) is 19.3 Å². The van der Waals surface area contributed by atoms with E-state index in [1.54, 1.807) is 0 Å². The third kappa shape index (κ3) is 2.40. The summed E-state index contributed by atoms with van der Waals surface area (Å²) in [5.41, 5.74) is 0. The fourth-order valence-corrected chi connectivity index (χ4v) is 2.66. The molecule has 0 bridgehead atoms. The summed E-state index contributed by atoms with van der Waals surface area (Å²) in [6.07, 6.45) is 3.88. The number of hydrogen-bond acceptors (Lipinski definition) is 3. The predicted octanol–water partition coefficient (Wildman–Crippen LogP) is 1.79. The zero-order valence-corrected chi connectivity index (χ0v) is 9.12. The summed E-state index contributed by atoms with van der Waals surface area (Å²) < 4.78 is 5.37. The molecule has 2 atom stereocenters. The topological polar surface area (TPSA) is 33.6 Å². The lowest BCUT2D eigenvalue weighted by Gasteiger charge is -2.32. The van der Waals surface area contributed by atoms with E-state index in [4.69, 9.17) is 4.74 Å². The molecule has 0 aromatic heterocycles. The molecule has 0 radical (unpaired) electrons. The Morgan fingerprint density at radius 1 is 1.21 bits per heavy atom. The second-order valence-corrected chi connectivity index (χ2v) is 4.79. The van der Waals surface area contributed by atoms with E-state index in [-0.39, 0.29) is 0 Å². The fraction of sp³-hybridized carbons (Fsp3) is 0.909. The summed E-state index contributed by atoms with van der Waals surface area (Å²) in [5.74, 6) is 1.66. The van der Waals surface area contributed by atoms with Gasteiger partial charge in [-0.3, -0.25) is 0 Å². The van der Waals surface area contributed by atoms with Gasteiger partial charge in [-0.15, -0.1) is 0 Å². The quantitative estimate of drug-likeness (QED) is 0.693. The Balaban J connectivity index is 1.84. The Hall–Kier alpha value is -0.730. The highest BCUT2D eigenvalue weighted by atomic mass is 16.5. The zero-order chi connectivity index (χ0) is 9.97. The SMILES string of the molecule is C[C@H]1CC(NC2=NCCO2)C[C@H](C)C1. The Morgan fingerprint density at radius 2 is 1.93 bits per heavy atom. The molecular weight excluding hydrogens is 176 g/mol. The molecule has 0 unspecified atom stereocenters. The van der Waals surface area contributed by atoms with Gasteiger partial charge in [-0.05, 0) is 31.1 Å². The summed E-state index contributed by atoms with van der Waals surface area (Å²) in [6, 6.07) is 1.35. The van der Waals surface area contributed by atoms with Gasteiger partial charge in [0, 0.05) is 6.04 Å². The summed E-state index contributed by atoms with van der Waals surface area (Å²) in [4.78, 5) is 4.26. The van der Waals surface area contributed by atoms with Crippen LogP contribution in [-0.4, -0.2) is 25.2 Å². The van der Waals surface area contributed by atoms with Crippen molar-refractivity contribution in [2.75, 3.05) is 13.2 Å². The van der Waals surface area contributed by atoms with Crippen molar-refractivity contribution >= 4 is 6.02 Å². The first-order valence-electron chi connectivity index (χ1n) is 5.68. The second-order valence-electron chi connectivity index (χ2n) is 4.79. The van der Waals surface area contributed by atoms with Crippen LogP contribution in [0.25, 0.3) is 0 Å². The maximum atomic E-state index is 5.37. The highest BCUT2D eigenvalue weighted by Crippen LogP contribution is 2.28. The minimum atomic E-state index is 0.575. The van der Waals surface area contributed by atoms with E-state index in [2.05, 4.69) is 24.2 Å². The van der Waals surface area contributed by atoms with Crippen molar-refractivity contribution in [3.05, 3.63) is 0 Å². The molecule has 0 amide bonds. The number of hydrogen-bond donors (Lipinski definition) is 1. The first kappa shape index (κ1) is 9.81. The first-order chi connectivity index (χ1) is 6.74. The molecule has 1 N–H and O–H groups in total. The van der Waals surface area contributed by atoms with Gasteiger partial charge in [-0.1, -0.05) is 13.8 Å². The maximum absolute atomic E-state index is 5.37. The minimum absolute atomic E-state index is 0.575. The van der Waals surface area contributed by atoms with Gasteiger partial charge >= 0.3 is 0 Å².